The normalized spacial score (nSPS) is 18.9. The molecule has 0 spiro atoms. The van der Waals surface area contributed by atoms with E-state index in [2.05, 4.69) is 5.32 Å². The molecule has 124 valence electrons. The van der Waals surface area contributed by atoms with Crippen LogP contribution in [0.1, 0.15) is 48.0 Å². The van der Waals surface area contributed by atoms with Gasteiger partial charge in [-0.1, -0.05) is 43.5 Å². The van der Waals surface area contributed by atoms with Crippen molar-refractivity contribution in [3.05, 3.63) is 53.6 Å². The lowest BCUT2D eigenvalue weighted by Gasteiger charge is -2.21. The molecule has 24 heavy (non-hydrogen) atoms. The van der Waals surface area contributed by atoms with Crippen LogP contribution < -0.4 is 5.32 Å². The molecule has 4 rings (SSSR count). The molecule has 3 nitrogen and oxygen atoms in total. The molecule has 4 heteroatoms. The van der Waals surface area contributed by atoms with Gasteiger partial charge in [-0.05, 0) is 47.7 Å². The third kappa shape index (κ3) is 2.91. The molecule has 0 aromatic heterocycles. The fourth-order valence-corrected chi connectivity index (χ4v) is 5.20. The Morgan fingerprint density at radius 1 is 0.917 bits per heavy atom. The minimum Gasteiger partial charge on any atom is -0.348 e. The molecule has 2 aromatic rings. The first-order valence-electron chi connectivity index (χ1n) is 8.64. The summed E-state index contributed by atoms with van der Waals surface area (Å²) in [6.07, 6.45) is 5.83. The van der Waals surface area contributed by atoms with Gasteiger partial charge in [0, 0.05) is 22.3 Å². The third-order valence-corrected chi connectivity index (χ3v) is 6.88. The van der Waals surface area contributed by atoms with E-state index in [1.807, 2.05) is 42.5 Å². The van der Waals surface area contributed by atoms with Crippen molar-refractivity contribution in [1.29, 1.82) is 0 Å². The summed E-state index contributed by atoms with van der Waals surface area (Å²) in [5.41, 5.74) is 3.91. The van der Waals surface area contributed by atoms with Crippen LogP contribution >= 0.6 is 0 Å². The van der Waals surface area contributed by atoms with Crippen LogP contribution in [-0.2, 0) is 17.3 Å². The third-order valence-electron chi connectivity index (χ3n) is 5.07. The monoisotopic (exact) mass is 339 g/mol. The van der Waals surface area contributed by atoms with Crippen molar-refractivity contribution in [1.82, 2.24) is 5.32 Å². The van der Waals surface area contributed by atoms with Crippen molar-refractivity contribution in [2.24, 2.45) is 0 Å². The van der Waals surface area contributed by atoms with Gasteiger partial charge < -0.3 is 5.32 Å². The Morgan fingerprint density at radius 2 is 1.62 bits per heavy atom. The van der Waals surface area contributed by atoms with Gasteiger partial charge in [-0.3, -0.25) is 9.00 Å². The molecule has 1 amide bonds. The van der Waals surface area contributed by atoms with E-state index < -0.39 is 10.8 Å². The Hall–Kier alpha value is -1.94. The zero-order valence-electron chi connectivity index (χ0n) is 13.6. The molecule has 1 N–H and O–H groups in total. The number of rotatable bonds is 3. The maximum atomic E-state index is 12.7. The SMILES string of the molecule is O=C1NCc2ccc(-c3ccc(S(=O)C4CCCCC4)cc3)cc21. The highest BCUT2D eigenvalue weighted by atomic mass is 32.2. The van der Waals surface area contributed by atoms with Crippen LogP contribution in [0.2, 0.25) is 0 Å². The fraction of sp³-hybridized carbons (Fsp3) is 0.350. The molecule has 1 aliphatic heterocycles. The van der Waals surface area contributed by atoms with Gasteiger partial charge in [-0.25, -0.2) is 0 Å². The molecule has 0 radical (unpaired) electrons. The van der Waals surface area contributed by atoms with Gasteiger partial charge in [-0.15, -0.1) is 0 Å². The Bertz CT molecular complexity index is 792. The molecule has 2 aliphatic rings. The Labute approximate surface area is 144 Å². The zero-order chi connectivity index (χ0) is 16.5. The van der Waals surface area contributed by atoms with E-state index in [1.165, 1.54) is 19.3 Å². The summed E-state index contributed by atoms with van der Waals surface area (Å²) in [5, 5.41) is 3.16. The molecule has 1 saturated carbocycles. The van der Waals surface area contributed by atoms with Gasteiger partial charge in [0.1, 0.15) is 0 Å². The van der Waals surface area contributed by atoms with Gasteiger partial charge in [0.25, 0.3) is 5.91 Å². The highest BCUT2D eigenvalue weighted by molar-refractivity contribution is 7.85. The minimum atomic E-state index is -0.904. The summed E-state index contributed by atoms with van der Waals surface area (Å²) in [7, 11) is -0.904. The first-order valence-corrected chi connectivity index (χ1v) is 9.86. The zero-order valence-corrected chi connectivity index (χ0v) is 14.4. The first kappa shape index (κ1) is 15.6. The summed E-state index contributed by atoms with van der Waals surface area (Å²) in [4.78, 5) is 12.7. The topological polar surface area (TPSA) is 46.2 Å². The number of nitrogens with one attached hydrogen (secondary N) is 1. The number of hydrogen-bond acceptors (Lipinski definition) is 2. The van der Waals surface area contributed by atoms with Crippen LogP contribution in [0.15, 0.2) is 47.4 Å². The number of hydrogen-bond donors (Lipinski definition) is 1. The quantitative estimate of drug-likeness (QED) is 0.917. The largest absolute Gasteiger partial charge is 0.348 e. The van der Waals surface area contributed by atoms with E-state index in [0.29, 0.717) is 11.8 Å². The summed E-state index contributed by atoms with van der Waals surface area (Å²) < 4.78 is 12.7. The lowest BCUT2D eigenvalue weighted by atomic mass is 10.0. The molecule has 1 fully saturated rings. The average molecular weight is 339 g/mol. The van der Waals surface area contributed by atoms with E-state index in [4.69, 9.17) is 0 Å². The van der Waals surface area contributed by atoms with E-state index in [0.717, 1.165) is 40.0 Å². The predicted octanol–water partition coefficient (Wildman–Crippen LogP) is 4.04. The number of fused-ring (bicyclic) bond motifs is 1. The van der Waals surface area contributed by atoms with Crippen molar-refractivity contribution in [3.8, 4) is 11.1 Å². The van der Waals surface area contributed by atoms with E-state index in [1.54, 1.807) is 0 Å². The number of benzene rings is 2. The van der Waals surface area contributed by atoms with Crippen molar-refractivity contribution < 1.29 is 9.00 Å². The van der Waals surface area contributed by atoms with Crippen LogP contribution in [0.4, 0.5) is 0 Å². The Morgan fingerprint density at radius 3 is 2.38 bits per heavy atom. The van der Waals surface area contributed by atoms with E-state index in [9.17, 15) is 9.00 Å². The molecule has 1 aliphatic carbocycles. The van der Waals surface area contributed by atoms with E-state index in [-0.39, 0.29) is 5.91 Å². The number of carbonyl (C=O) groups excluding carboxylic acids is 1. The van der Waals surface area contributed by atoms with Gasteiger partial charge in [0.05, 0.1) is 10.8 Å². The standard InChI is InChI=1S/C20H21NO2S/c22-20-19-12-15(6-7-16(19)13-21-20)14-8-10-18(11-9-14)24(23)17-4-2-1-3-5-17/h6-12,17H,1-5,13H2,(H,21,22). The molecule has 1 atom stereocenters. The molecule has 0 bridgehead atoms. The predicted molar refractivity (Wildman–Crippen MR) is 96.3 cm³/mol. The number of amides is 1. The van der Waals surface area contributed by atoms with Crippen molar-refractivity contribution in [3.63, 3.8) is 0 Å². The summed E-state index contributed by atoms with van der Waals surface area (Å²) >= 11 is 0. The average Bonchev–Trinajstić information content (AvgIpc) is 3.02. The van der Waals surface area contributed by atoms with Crippen LogP contribution in [0, 0.1) is 0 Å². The molecule has 1 unspecified atom stereocenters. The minimum absolute atomic E-state index is 0.00173. The van der Waals surface area contributed by atoms with Crippen LogP contribution in [0.25, 0.3) is 11.1 Å². The summed E-state index contributed by atoms with van der Waals surface area (Å²) in [5.74, 6) is 0.00173. The van der Waals surface area contributed by atoms with Crippen LogP contribution in [0.5, 0.6) is 0 Å². The van der Waals surface area contributed by atoms with Crippen molar-refractivity contribution in [2.45, 2.75) is 48.8 Å². The fourth-order valence-electron chi connectivity index (χ4n) is 3.65. The molecular formula is C20H21NO2S. The van der Waals surface area contributed by atoms with Crippen molar-refractivity contribution >= 4 is 16.7 Å². The highest BCUT2D eigenvalue weighted by Gasteiger charge is 2.21. The van der Waals surface area contributed by atoms with Gasteiger partial charge in [-0.2, -0.15) is 0 Å². The van der Waals surface area contributed by atoms with Crippen LogP contribution in [-0.4, -0.2) is 15.4 Å². The second-order valence-electron chi connectivity index (χ2n) is 6.64. The lowest BCUT2D eigenvalue weighted by Crippen LogP contribution is -2.18. The van der Waals surface area contributed by atoms with Gasteiger partial charge in [0.2, 0.25) is 0 Å². The second-order valence-corrected chi connectivity index (χ2v) is 8.37. The van der Waals surface area contributed by atoms with Gasteiger partial charge >= 0.3 is 0 Å². The first-order chi connectivity index (χ1) is 11.7. The highest BCUT2D eigenvalue weighted by Crippen LogP contribution is 2.29. The molecular weight excluding hydrogens is 318 g/mol. The Kier molecular flexibility index (Phi) is 4.23. The Balaban J connectivity index is 1.57. The van der Waals surface area contributed by atoms with E-state index >= 15 is 0 Å². The second kappa shape index (κ2) is 6.52. The maximum Gasteiger partial charge on any atom is 0.251 e. The number of carbonyl (C=O) groups is 1. The molecule has 0 saturated heterocycles. The smallest absolute Gasteiger partial charge is 0.251 e. The van der Waals surface area contributed by atoms with Crippen molar-refractivity contribution in [2.75, 3.05) is 0 Å². The molecule has 1 heterocycles. The molecule has 2 aromatic carbocycles. The van der Waals surface area contributed by atoms with Crippen LogP contribution in [0.3, 0.4) is 0 Å². The lowest BCUT2D eigenvalue weighted by molar-refractivity contribution is 0.0966. The summed E-state index contributed by atoms with van der Waals surface area (Å²) in [6, 6.07) is 14.0. The maximum absolute atomic E-state index is 12.7. The van der Waals surface area contributed by atoms with Gasteiger partial charge in [0.15, 0.2) is 0 Å². The summed E-state index contributed by atoms with van der Waals surface area (Å²) in [6.45, 7) is 0.619.